The Kier molecular flexibility index (Phi) is 3.60. The summed E-state index contributed by atoms with van der Waals surface area (Å²) < 4.78 is 0. The molecular weight excluding hydrogens is 196 g/mol. The fraction of sp³-hybridized carbons (Fsp3) is 0.500. The van der Waals surface area contributed by atoms with Crippen molar-refractivity contribution in [2.45, 2.75) is 32.6 Å². The summed E-state index contributed by atoms with van der Waals surface area (Å²) in [6.07, 6.45) is 6.48. The SMILES string of the molecule is CCc1cc(C=N)ccc1N1CCCCC1. The normalized spacial score (nSPS) is 16.2. The van der Waals surface area contributed by atoms with Crippen LogP contribution in [0.5, 0.6) is 0 Å². The van der Waals surface area contributed by atoms with Crippen LogP contribution in [0.2, 0.25) is 0 Å². The first kappa shape index (κ1) is 11.2. The number of hydrogen-bond acceptors (Lipinski definition) is 2. The van der Waals surface area contributed by atoms with Crippen molar-refractivity contribution in [3.8, 4) is 0 Å². The van der Waals surface area contributed by atoms with Crippen LogP contribution in [-0.2, 0) is 6.42 Å². The lowest BCUT2D eigenvalue weighted by molar-refractivity contribution is 0.576. The maximum atomic E-state index is 7.29. The zero-order chi connectivity index (χ0) is 11.4. The third kappa shape index (κ3) is 2.26. The van der Waals surface area contributed by atoms with Crippen LogP contribution in [0, 0.1) is 5.41 Å². The first-order chi connectivity index (χ1) is 7.85. The Balaban J connectivity index is 2.27. The number of anilines is 1. The molecule has 1 aromatic carbocycles. The topological polar surface area (TPSA) is 27.1 Å². The van der Waals surface area contributed by atoms with Gasteiger partial charge in [-0.3, -0.25) is 0 Å². The molecule has 1 saturated heterocycles. The second-order valence-electron chi connectivity index (χ2n) is 4.43. The van der Waals surface area contributed by atoms with E-state index in [9.17, 15) is 0 Å². The second kappa shape index (κ2) is 5.15. The van der Waals surface area contributed by atoms with Crippen LogP contribution >= 0.6 is 0 Å². The molecule has 16 heavy (non-hydrogen) atoms. The average Bonchev–Trinajstić information content (AvgIpc) is 2.39. The molecule has 0 bridgehead atoms. The van der Waals surface area contributed by atoms with Crippen LogP contribution in [0.15, 0.2) is 18.2 Å². The van der Waals surface area contributed by atoms with Gasteiger partial charge in [0.15, 0.2) is 0 Å². The lowest BCUT2D eigenvalue weighted by atomic mass is 10.0. The van der Waals surface area contributed by atoms with E-state index >= 15 is 0 Å². The van der Waals surface area contributed by atoms with Gasteiger partial charge < -0.3 is 10.3 Å². The zero-order valence-electron chi connectivity index (χ0n) is 10.00. The molecule has 1 N–H and O–H groups in total. The minimum absolute atomic E-state index is 1.01. The summed E-state index contributed by atoms with van der Waals surface area (Å²) in [5.41, 5.74) is 3.77. The van der Waals surface area contributed by atoms with E-state index in [0.717, 1.165) is 12.0 Å². The van der Waals surface area contributed by atoms with Crippen molar-refractivity contribution in [1.82, 2.24) is 0 Å². The van der Waals surface area contributed by atoms with Gasteiger partial charge in [-0.25, -0.2) is 0 Å². The van der Waals surface area contributed by atoms with Crippen molar-refractivity contribution in [1.29, 1.82) is 5.41 Å². The Bertz CT molecular complexity index is 365. The predicted octanol–water partition coefficient (Wildman–Crippen LogP) is 3.24. The first-order valence-electron chi connectivity index (χ1n) is 6.23. The Labute approximate surface area is 97.8 Å². The highest BCUT2D eigenvalue weighted by Crippen LogP contribution is 2.25. The standard InChI is InChI=1S/C14H20N2/c1-2-13-10-12(11-15)6-7-14(13)16-8-4-3-5-9-16/h6-7,10-11,15H,2-5,8-9H2,1H3. The molecule has 0 spiro atoms. The molecule has 0 radical (unpaired) electrons. The van der Waals surface area contributed by atoms with Crippen LogP contribution in [0.4, 0.5) is 5.69 Å². The smallest absolute Gasteiger partial charge is 0.0399 e. The van der Waals surface area contributed by atoms with Crippen molar-refractivity contribution >= 4 is 11.9 Å². The Morgan fingerprint density at radius 2 is 2.00 bits per heavy atom. The van der Waals surface area contributed by atoms with Crippen molar-refractivity contribution in [3.63, 3.8) is 0 Å². The number of aryl methyl sites for hydroxylation is 1. The first-order valence-corrected chi connectivity index (χ1v) is 6.23. The maximum absolute atomic E-state index is 7.29. The Hall–Kier alpha value is -1.31. The lowest BCUT2D eigenvalue weighted by Crippen LogP contribution is -2.30. The number of piperidine rings is 1. The van der Waals surface area contributed by atoms with E-state index in [1.165, 1.54) is 49.8 Å². The van der Waals surface area contributed by atoms with Gasteiger partial charge in [0.25, 0.3) is 0 Å². The van der Waals surface area contributed by atoms with Crippen molar-refractivity contribution in [3.05, 3.63) is 29.3 Å². The third-order valence-corrected chi connectivity index (χ3v) is 3.35. The number of nitrogens with one attached hydrogen (secondary N) is 1. The van der Waals surface area contributed by atoms with E-state index in [2.05, 4.69) is 30.0 Å². The quantitative estimate of drug-likeness (QED) is 0.772. The summed E-state index contributed by atoms with van der Waals surface area (Å²) in [6, 6.07) is 6.39. The molecule has 1 aliphatic heterocycles. The number of nitrogens with zero attached hydrogens (tertiary/aromatic N) is 1. The van der Waals surface area contributed by atoms with Crippen LogP contribution < -0.4 is 4.90 Å². The molecule has 0 saturated carbocycles. The van der Waals surface area contributed by atoms with Crippen molar-refractivity contribution in [2.75, 3.05) is 18.0 Å². The van der Waals surface area contributed by atoms with Gasteiger partial charge in [-0.15, -0.1) is 0 Å². The minimum atomic E-state index is 1.01. The van der Waals surface area contributed by atoms with Crippen LogP contribution in [0.3, 0.4) is 0 Å². The van der Waals surface area contributed by atoms with Gasteiger partial charge in [-0.2, -0.15) is 0 Å². The predicted molar refractivity (Wildman–Crippen MR) is 69.8 cm³/mol. The highest BCUT2D eigenvalue weighted by Gasteiger charge is 2.13. The molecule has 0 aliphatic carbocycles. The van der Waals surface area contributed by atoms with E-state index in [1.807, 2.05) is 0 Å². The molecule has 0 atom stereocenters. The van der Waals surface area contributed by atoms with Gasteiger partial charge >= 0.3 is 0 Å². The fourth-order valence-corrected chi connectivity index (χ4v) is 2.42. The summed E-state index contributed by atoms with van der Waals surface area (Å²) >= 11 is 0. The van der Waals surface area contributed by atoms with Crippen molar-refractivity contribution in [2.24, 2.45) is 0 Å². The number of rotatable bonds is 3. The van der Waals surface area contributed by atoms with E-state index in [4.69, 9.17) is 5.41 Å². The largest absolute Gasteiger partial charge is 0.371 e. The lowest BCUT2D eigenvalue weighted by Gasteiger charge is -2.30. The molecule has 0 aromatic heterocycles. The van der Waals surface area contributed by atoms with Crippen LogP contribution in [0.1, 0.15) is 37.3 Å². The van der Waals surface area contributed by atoms with Gasteiger partial charge in [0, 0.05) is 25.0 Å². The van der Waals surface area contributed by atoms with Gasteiger partial charge in [0.1, 0.15) is 0 Å². The second-order valence-corrected chi connectivity index (χ2v) is 4.43. The van der Waals surface area contributed by atoms with Gasteiger partial charge in [-0.1, -0.05) is 13.0 Å². The summed E-state index contributed by atoms with van der Waals surface area (Å²) in [4.78, 5) is 2.50. The summed E-state index contributed by atoms with van der Waals surface area (Å²) in [7, 11) is 0. The number of hydrogen-bond donors (Lipinski definition) is 1. The molecule has 1 fully saturated rings. The molecule has 1 aliphatic rings. The summed E-state index contributed by atoms with van der Waals surface area (Å²) in [6.45, 7) is 4.57. The molecule has 1 heterocycles. The molecule has 2 heteroatoms. The molecule has 0 unspecified atom stereocenters. The molecule has 1 aromatic rings. The fourth-order valence-electron chi connectivity index (χ4n) is 2.42. The molecule has 2 nitrogen and oxygen atoms in total. The van der Waals surface area contributed by atoms with E-state index in [0.29, 0.717) is 0 Å². The molecular formula is C14H20N2. The van der Waals surface area contributed by atoms with Crippen molar-refractivity contribution < 1.29 is 0 Å². The average molecular weight is 216 g/mol. The summed E-state index contributed by atoms with van der Waals surface area (Å²) in [5, 5.41) is 7.29. The molecule has 86 valence electrons. The van der Waals surface area contributed by atoms with Crippen LogP contribution in [0.25, 0.3) is 0 Å². The van der Waals surface area contributed by atoms with Gasteiger partial charge in [0.2, 0.25) is 0 Å². The maximum Gasteiger partial charge on any atom is 0.0399 e. The Morgan fingerprint density at radius 1 is 1.25 bits per heavy atom. The molecule has 2 rings (SSSR count). The monoisotopic (exact) mass is 216 g/mol. The third-order valence-electron chi connectivity index (χ3n) is 3.35. The van der Waals surface area contributed by atoms with Gasteiger partial charge in [0.05, 0.1) is 0 Å². The molecule has 0 amide bonds. The highest BCUT2D eigenvalue weighted by molar-refractivity contribution is 5.78. The Morgan fingerprint density at radius 3 is 2.62 bits per heavy atom. The van der Waals surface area contributed by atoms with E-state index in [1.54, 1.807) is 0 Å². The van der Waals surface area contributed by atoms with E-state index < -0.39 is 0 Å². The van der Waals surface area contributed by atoms with Gasteiger partial charge in [-0.05, 0) is 48.9 Å². The van der Waals surface area contributed by atoms with Crippen LogP contribution in [-0.4, -0.2) is 19.3 Å². The zero-order valence-corrected chi connectivity index (χ0v) is 10.00. The summed E-state index contributed by atoms with van der Waals surface area (Å²) in [5.74, 6) is 0. The highest BCUT2D eigenvalue weighted by atomic mass is 15.1. The van der Waals surface area contributed by atoms with E-state index in [-0.39, 0.29) is 0 Å². The minimum Gasteiger partial charge on any atom is -0.371 e. The number of benzene rings is 1.